The smallest absolute Gasteiger partial charge is 0.272 e. The maximum absolute atomic E-state index is 13.3. The summed E-state index contributed by atoms with van der Waals surface area (Å²) >= 11 is 0. The fourth-order valence-corrected chi connectivity index (χ4v) is 4.47. The normalized spacial score (nSPS) is 22.6. The molecule has 4 rings (SSSR count). The quantitative estimate of drug-likeness (QED) is 0.862. The van der Waals surface area contributed by atoms with Crippen molar-refractivity contribution in [1.82, 2.24) is 30.1 Å². The molecule has 0 aliphatic carbocycles. The Hall–Kier alpha value is -2.74. The molecule has 2 aromatic rings. The zero-order valence-corrected chi connectivity index (χ0v) is 16.4. The first-order valence-corrected chi connectivity index (χ1v) is 9.72. The number of amides is 2. The molecule has 0 radical (unpaired) electrons. The number of likely N-dealkylation sites (tertiary alicyclic amines) is 1. The molecule has 1 aromatic carbocycles. The number of hydrogen-bond donors (Lipinski definition) is 1. The second kappa shape index (κ2) is 7.35. The predicted molar refractivity (Wildman–Crippen MR) is 103 cm³/mol. The Labute approximate surface area is 164 Å². The number of nitrogens with zero attached hydrogens (tertiary/aromatic N) is 5. The lowest BCUT2D eigenvalue weighted by Gasteiger charge is -2.44. The summed E-state index contributed by atoms with van der Waals surface area (Å²) in [7, 11) is 0. The lowest BCUT2D eigenvalue weighted by atomic mass is 9.85. The fraction of sp³-hybridized carbons (Fsp3) is 0.500. The van der Waals surface area contributed by atoms with E-state index < -0.39 is 5.54 Å². The van der Waals surface area contributed by atoms with Gasteiger partial charge in [0.05, 0.1) is 18.5 Å². The van der Waals surface area contributed by atoms with Crippen LogP contribution in [-0.2, 0) is 11.3 Å². The van der Waals surface area contributed by atoms with Gasteiger partial charge in [0.2, 0.25) is 5.91 Å². The topological polar surface area (TPSA) is 83.4 Å². The number of aryl methyl sites for hydroxylation is 2. The fourth-order valence-electron chi connectivity index (χ4n) is 4.47. The summed E-state index contributed by atoms with van der Waals surface area (Å²) in [5.41, 5.74) is 5.05. The van der Waals surface area contributed by atoms with Crippen molar-refractivity contribution in [3.8, 4) is 0 Å². The minimum absolute atomic E-state index is 0.0872. The summed E-state index contributed by atoms with van der Waals surface area (Å²) in [6.45, 7) is 7.14. The van der Waals surface area contributed by atoms with Crippen molar-refractivity contribution >= 4 is 11.8 Å². The number of benzene rings is 1. The van der Waals surface area contributed by atoms with Gasteiger partial charge in [0.1, 0.15) is 12.7 Å². The molecule has 8 heteroatoms. The van der Waals surface area contributed by atoms with Gasteiger partial charge in [-0.2, -0.15) is 5.10 Å². The minimum atomic E-state index is -0.494. The third-order valence-electron chi connectivity index (χ3n) is 5.62. The third-order valence-corrected chi connectivity index (χ3v) is 5.62. The average Bonchev–Trinajstić information content (AvgIpc) is 3.27. The van der Waals surface area contributed by atoms with E-state index in [0.29, 0.717) is 18.5 Å². The van der Waals surface area contributed by atoms with Gasteiger partial charge < -0.3 is 0 Å². The SMILES string of the molecule is Cc1cc(C)cc(C(=O)N2NC(=O)CC23CCCN(CCn2cncn2)C3)c1. The van der Waals surface area contributed by atoms with Crippen molar-refractivity contribution in [2.45, 2.75) is 45.2 Å². The van der Waals surface area contributed by atoms with Crippen molar-refractivity contribution in [3.63, 3.8) is 0 Å². The van der Waals surface area contributed by atoms with Crippen LogP contribution in [0.15, 0.2) is 30.9 Å². The number of carbonyl (C=O) groups excluding carboxylic acids is 2. The van der Waals surface area contributed by atoms with Gasteiger partial charge in [-0.1, -0.05) is 17.2 Å². The summed E-state index contributed by atoms with van der Waals surface area (Å²) in [6, 6.07) is 5.82. The molecule has 3 heterocycles. The second-order valence-corrected chi connectivity index (χ2v) is 7.99. The molecule has 28 heavy (non-hydrogen) atoms. The Morgan fingerprint density at radius 3 is 2.71 bits per heavy atom. The van der Waals surface area contributed by atoms with Crippen molar-refractivity contribution in [2.75, 3.05) is 19.6 Å². The van der Waals surface area contributed by atoms with E-state index in [1.165, 1.54) is 6.33 Å². The molecule has 2 amide bonds. The number of hydrogen-bond acceptors (Lipinski definition) is 5. The highest BCUT2D eigenvalue weighted by molar-refractivity contribution is 5.98. The maximum atomic E-state index is 13.3. The van der Waals surface area contributed by atoms with Crippen LogP contribution in [0.25, 0.3) is 0 Å². The zero-order valence-electron chi connectivity index (χ0n) is 16.4. The van der Waals surface area contributed by atoms with Crippen molar-refractivity contribution in [2.24, 2.45) is 0 Å². The van der Waals surface area contributed by atoms with Crippen LogP contribution in [0, 0.1) is 13.8 Å². The van der Waals surface area contributed by atoms with Gasteiger partial charge in [-0.05, 0) is 45.4 Å². The third kappa shape index (κ3) is 3.64. The largest absolute Gasteiger partial charge is 0.299 e. The van der Waals surface area contributed by atoms with E-state index in [9.17, 15) is 9.59 Å². The van der Waals surface area contributed by atoms with E-state index in [-0.39, 0.29) is 11.8 Å². The lowest BCUT2D eigenvalue weighted by molar-refractivity contribution is -0.120. The van der Waals surface area contributed by atoms with Crippen molar-refractivity contribution < 1.29 is 9.59 Å². The van der Waals surface area contributed by atoms with E-state index in [4.69, 9.17) is 0 Å². The Morgan fingerprint density at radius 1 is 1.21 bits per heavy atom. The van der Waals surface area contributed by atoms with Gasteiger partial charge in [-0.15, -0.1) is 0 Å². The number of aromatic nitrogens is 3. The average molecular weight is 382 g/mol. The molecule has 2 saturated heterocycles. The number of piperidine rings is 1. The molecule has 1 aromatic heterocycles. The van der Waals surface area contributed by atoms with Crippen LogP contribution in [0.2, 0.25) is 0 Å². The summed E-state index contributed by atoms with van der Waals surface area (Å²) < 4.78 is 1.80. The predicted octanol–water partition coefficient (Wildman–Crippen LogP) is 1.31. The summed E-state index contributed by atoms with van der Waals surface area (Å²) in [5.74, 6) is -0.216. The number of nitrogens with one attached hydrogen (secondary N) is 1. The second-order valence-electron chi connectivity index (χ2n) is 7.99. The maximum Gasteiger partial charge on any atom is 0.272 e. The molecule has 1 N–H and O–H groups in total. The molecule has 148 valence electrons. The highest BCUT2D eigenvalue weighted by atomic mass is 16.2. The molecule has 2 aliphatic heterocycles. The van der Waals surface area contributed by atoms with Crippen LogP contribution in [0.1, 0.15) is 40.7 Å². The Morgan fingerprint density at radius 2 is 2.00 bits per heavy atom. The molecule has 1 unspecified atom stereocenters. The Balaban J connectivity index is 1.53. The zero-order chi connectivity index (χ0) is 19.7. The molecule has 1 atom stereocenters. The molecule has 8 nitrogen and oxygen atoms in total. The first-order chi connectivity index (χ1) is 13.4. The number of rotatable bonds is 4. The Kier molecular flexibility index (Phi) is 4.89. The van der Waals surface area contributed by atoms with E-state index in [0.717, 1.165) is 43.6 Å². The van der Waals surface area contributed by atoms with Crippen LogP contribution in [0.3, 0.4) is 0 Å². The van der Waals surface area contributed by atoms with Crippen LogP contribution in [0.4, 0.5) is 0 Å². The van der Waals surface area contributed by atoms with Crippen LogP contribution in [-0.4, -0.2) is 61.7 Å². The highest BCUT2D eigenvalue weighted by Gasteiger charge is 2.50. The van der Waals surface area contributed by atoms with Crippen LogP contribution in [0.5, 0.6) is 0 Å². The first kappa shape index (κ1) is 18.6. The first-order valence-electron chi connectivity index (χ1n) is 9.72. The summed E-state index contributed by atoms with van der Waals surface area (Å²) in [6.07, 6.45) is 5.35. The van der Waals surface area contributed by atoms with E-state index >= 15 is 0 Å². The minimum Gasteiger partial charge on any atom is -0.299 e. The Bertz CT molecular complexity index is 861. The van der Waals surface area contributed by atoms with Gasteiger partial charge in [0.25, 0.3) is 5.91 Å². The lowest BCUT2D eigenvalue weighted by Crippen LogP contribution is -2.60. The standard InChI is InChI=1S/C20H26N6O2/c1-15-8-16(2)10-17(9-15)19(28)26-20(11-18(27)23-26)4-3-5-24(12-20)6-7-25-14-21-13-22-25/h8-10,13-14H,3-7,11-12H2,1-2H3,(H,23,27). The summed E-state index contributed by atoms with van der Waals surface area (Å²) in [4.78, 5) is 31.9. The molecule has 2 fully saturated rings. The molecule has 0 saturated carbocycles. The molecule has 1 spiro atoms. The van der Waals surface area contributed by atoms with Gasteiger partial charge in [-0.25, -0.2) is 9.99 Å². The molecule has 0 bridgehead atoms. The van der Waals surface area contributed by atoms with Crippen LogP contribution >= 0.6 is 0 Å². The highest BCUT2D eigenvalue weighted by Crippen LogP contribution is 2.35. The van der Waals surface area contributed by atoms with Crippen LogP contribution < -0.4 is 5.43 Å². The van der Waals surface area contributed by atoms with E-state index in [1.807, 2.05) is 32.0 Å². The van der Waals surface area contributed by atoms with Crippen molar-refractivity contribution in [1.29, 1.82) is 0 Å². The van der Waals surface area contributed by atoms with Gasteiger partial charge >= 0.3 is 0 Å². The number of hydrazine groups is 1. The van der Waals surface area contributed by atoms with Crippen molar-refractivity contribution in [3.05, 3.63) is 47.5 Å². The summed E-state index contributed by atoms with van der Waals surface area (Å²) in [5, 5.41) is 5.75. The van der Waals surface area contributed by atoms with Gasteiger partial charge in [0.15, 0.2) is 0 Å². The van der Waals surface area contributed by atoms with E-state index in [2.05, 4.69) is 20.4 Å². The molecular weight excluding hydrogens is 356 g/mol. The van der Waals surface area contributed by atoms with Gasteiger partial charge in [0, 0.05) is 18.7 Å². The molecule has 2 aliphatic rings. The van der Waals surface area contributed by atoms with Gasteiger partial charge in [-0.3, -0.25) is 24.6 Å². The monoisotopic (exact) mass is 382 g/mol. The van der Waals surface area contributed by atoms with E-state index in [1.54, 1.807) is 16.0 Å². The molecular formula is C20H26N6O2. The number of carbonyl (C=O) groups is 2.